The van der Waals surface area contributed by atoms with Gasteiger partial charge in [-0.15, -0.1) is 0 Å². The number of nitrogens with zero attached hydrogens (tertiary/aromatic N) is 2. The van der Waals surface area contributed by atoms with Crippen molar-refractivity contribution in [3.8, 4) is 0 Å². The molecule has 0 bridgehead atoms. The summed E-state index contributed by atoms with van der Waals surface area (Å²) < 4.78 is 19.8. The molecule has 0 aliphatic carbocycles. The van der Waals surface area contributed by atoms with Gasteiger partial charge >= 0.3 is 0 Å². The fourth-order valence-electron chi connectivity index (χ4n) is 2.11. The van der Waals surface area contributed by atoms with Crippen molar-refractivity contribution in [2.75, 3.05) is 13.7 Å². The molecule has 2 atom stereocenters. The van der Waals surface area contributed by atoms with Crippen LogP contribution in [0.4, 0.5) is 4.39 Å². The van der Waals surface area contributed by atoms with Crippen molar-refractivity contribution in [2.24, 2.45) is 12.8 Å². The lowest BCUT2D eigenvalue weighted by molar-refractivity contribution is -0.124. The summed E-state index contributed by atoms with van der Waals surface area (Å²) in [5, 5.41) is 2.83. The number of methoxy groups -OCH3 is 1. The zero-order valence-corrected chi connectivity index (χ0v) is 12.5. The Kier molecular flexibility index (Phi) is 5.24. The molecule has 2 unspecified atom stereocenters. The Morgan fingerprint density at radius 2 is 2.14 bits per heavy atom. The number of rotatable bonds is 6. The van der Waals surface area contributed by atoms with E-state index in [1.54, 1.807) is 29.1 Å². The second kappa shape index (κ2) is 7.15. The van der Waals surface area contributed by atoms with Crippen molar-refractivity contribution in [3.63, 3.8) is 0 Å². The quantitative estimate of drug-likeness (QED) is 0.824. The Bertz CT molecular complexity index is 627. The summed E-state index contributed by atoms with van der Waals surface area (Å²) in [4.78, 5) is 16.4. The molecule has 0 saturated heterocycles. The SMILES string of the molecule is COCC(N)C(=O)NC(c1ccc(F)cc1)c1nccn1C. The van der Waals surface area contributed by atoms with E-state index in [2.05, 4.69) is 10.3 Å². The molecular formula is C15H19FN4O2. The van der Waals surface area contributed by atoms with E-state index >= 15 is 0 Å². The summed E-state index contributed by atoms with van der Waals surface area (Å²) in [6, 6.07) is 4.59. The van der Waals surface area contributed by atoms with Crippen LogP contribution in [0.5, 0.6) is 0 Å². The van der Waals surface area contributed by atoms with Crippen LogP contribution in [0.3, 0.4) is 0 Å². The molecule has 0 radical (unpaired) electrons. The first kappa shape index (κ1) is 16.1. The van der Waals surface area contributed by atoms with Gasteiger partial charge < -0.3 is 20.4 Å². The number of carbonyl (C=O) groups excluding carboxylic acids is 1. The zero-order valence-electron chi connectivity index (χ0n) is 12.5. The third-order valence-electron chi connectivity index (χ3n) is 3.29. The average Bonchev–Trinajstić information content (AvgIpc) is 2.92. The number of amides is 1. The minimum Gasteiger partial charge on any atom is -0.383 e. The van der Waals surface area contributed by atoms with Gasteiger partial charge in [-0.05, 0) is 17.7 Å². The molecule has 0 aliphatic heterocycles. The lowest BCUT2D eigenvalue weighted by Gasteiger charge is -2.21. The molecule has 1 amide bonds. The number of nitrogens with two attached hydrogens (primary N) is 1. The molecule has 22 heavy (non-hydrogen) atoms. The number of aryl methyl sites for hydroxylation is 1. The normalized spacial score (nSPS) is 13.6. The van der Waals surface area contributed by atoms with Crippen LogP contribution < -0.4 is 11.1 Å². The van der Waals surface area contributed by atoms with Crippen LogP contribution in [0.15, 0.2) is 36.7 Å². The molecule has 6 nitrogen and oxygen atoms in total. The minimum atomic E-state index is -0.784. The van der Waals surface area contributed by atoms with Crippen molar-refractivity contribution in [2.45, 2.75) is 12.1 Å². The average molecular weight is 306 g/mol. The number of imidazole rings is 1. The molecule has 7 heteroatoms. The van der Waals surface area contributed by atoms with E-state index in [1.165, 1.54) is 19.2 Å². The van der Waals surface area contributed by atoms with Crippen LogP contribution in [0, 0.1) is 5.82 Å². The third-order valence-corrected chi connectivity index (χ3v) is 3.29. The van der Waals surface area contributed by atoms with Crippen LogP contribution in [0.2, 0.25) is 0 Å². The number of aromatic nitrogens is 2. The highest BCUT2D eigenvalue weighted by atomic mass is 19.1. The molecule has 3 N–H and O–H groups in total. The first-order chi connectivity index (χ1) is 10.5. The number of carbonyl (C=O) groups is 1. The summed E-state index contributed by atoms with van der Waals surface area (Å²) in [6.45, 7) is 0.114. The third kappa shape index (κ3) is 3.69. The topological polar surface area (TPSA) is 82.2 Å². The van der Waals surface area contributed by atoms with Crippen molar-refractivity contribution >= 4 is 5.91 Å². The number of halogens is 1. The van der Waals surface area contributed by atoms with E-state index in [-0.39, 0.29) is 18.3 Å². The molecule has 1 aromatic carbocycles. The summed E-state index contributed by atoms with van der Waals surface area (Å²) in [6.07, 6.45) is 3.40. The molecule has 0 aliphatic rings. The van der Waals surface area contributed by atoms with Gasteiger partial charge in [-0.1, -0.05) is 12.1 Å². The first-order valence-electron chi connectivity index (χ1n) is 6.80. The van der Waals surface area contributed by atoms with Gasteiger partial charge in [0.2, 0.25) is 5.91 Å². The Labute approximate surface area is 128 Å². The minimum absolute atomic E-state index is 0.114. The van der Waals surface area contributed by atoms with Gasteiger partial charge in [-0.3, -0.25) is 4.79 Å². The molecule has 2 rings (SSSR count). The molecule has 1 aromatic heterocycles. The maximum Gasteiger partial charge on any atom is 0.240 e. The smallest absolute Gasteiger partial charge is 0.240 e. The molecule has 118 valence electrons. The van der Waals surface area contributed by atoms with Crippen molar-refractivity contribution in [3.05, 3.63) is 53.9 Å². The summed E-state index contributed by atoms with van der Waals surface area (Å²) >= 11 is 0. The number of hydrogen-bond acceptors (Lipinski definition) is 4. The van der Waals surface area contributed by atoms with E-state index in [1.807, 2.05) is 7.05 Å². The predicted octanol–water partition coefficient (Wildman–Crippen LogP) is 0.738. The van der Waals surface area contributed by atoms with Gasteiger partial charge in [-0.2, -0.15) is 0 Å². The van der Waals surface area contributed by atoms with Gasteiger partial charge in [-0.25, -0.2) is 9.37 Å². The summed E-state index contributed by atoms with van der Waals surface area (Å²) in [7, 11) is 3.30. The van der Waals surface area contributed by atoms with E-state index in [4.69, 9.17) is 10.5 Å². The van der Waals surface area contributed by atoms with Crippen LogP contribution in [-0.2, 0) is 16.6 Å². The summed E-state index contributed by atoms with van der Waals surface area (Å²) in [5.41, 5.74) is 6.46. The van der Waals surface area contributed by atoms with E-state index in [9.17, 15) is 9.18 Å². The Balaban J connectivity index is 2.28. The monoisotopic (exact) mass is 306 g/mol. The molecule has 0 spiro atoms. The number of benzene rings is 1. The molecule has 1 heterocycles. The Morgan fingerprint density at radius 3 is 2.68 bits per heavy atom. The van der Waals surface area contributed by atoms with Gasteiger partial charge in [0.25, 0.3) is 0 Å². The Morgan fingerprint density at radius 1 is 1.45 bits per heavy atom. The molecular weight excluding hydrogens is 287 g/mol. The molecule has 2 aromatic rings. The van der Waals surface area contributed by atoms with E-state index < -0.39 is 12.1 Å². The first-order valence-corrected chi connectivity index (χ1v) is 6.80. The second-order valence-electron chi connectivity index (χ2n) is 4.95. The highest BCUT2D eigenvalue weighted by Gasteiger charge is 2.23. The fourth-order valence-corrected chi connectivity index (χ4v) is 2.11. The number of nitrogens with one attached hydrogen (secondary N) is 1. The lowest BCUT2D eigenvalue weighted by atomic mass is 10.1. The maximum atomic E-state index is 13.1. The van der Waals surface area contributed by atoms with Gasteiger partial charge in [0.15, 0.2) is 0 Å². The van der Waals surface area contributed by atoms with Gasteiger partial charge in [0.05, 0.1) is 6.61 Å². The second-order valence-corrected chi connectivity index (χ2v) is 4.95. The van der Waals surface area contributed by atoms with Gasteiger partial charge in [0, 0.05) is 26.6 Å². The predicted molar refractivity (Wildman–Crippen MR) is 79.4 cm³/mol. The van der Waals surface area contributed by atoms with Crippen molar-refractivity contribution < 1.29 is 13.9 Å². The van der Waals surface area contributed by atoms with Crippen molar-refractivity contribution in [1.29, 1.82) is 0 Å². The summed E-state index contributed by atoms with van der Waals surface area (Å²) in [5.74, 6) is -0.0755. The highest BCUT2D eigenvalue weighted by molar-refractivity contribution is 5.82. The highest BCUT2D eigenvalue weighted by Crippen LogP contribution is 2.20. The molecule has 0 fully saturated rings. The zero-order chi connectivity index (χ0) is 16.1. The Hall–Kier alpha value is -2.25. The van der Waals surface area contributed by atoms with Crippen LogP contribution >= 0.6 is 0 Å². The van der Waals surface area contributed by atoms with Crippen molar-refractivity contribution in [1.82, 2.24) is 14.9 Å². The molecule has 0 saturated carbocycles. The van der Waals surface area contributed by atoms with Crippen LogP contribution in [-0.4, -0.2) is 35.2 Å². The maximum absolute atomic E-state index is 13.1. The standard InChI is InChI=1S/C15H19FN4O2/c1-20-8-7-18-14(20)13(10-3-5-11(16)6-4-10)19-15(21)12(17)9-22-2/h3-8,12-13H,9,17H2,1-2H3,(H,19,21). The van der Waals surface area contributed by atoms with E-state index in [0.717, 1.165) is 0 Å². The van der Waals surface area contributed by atoms with Gasteiger partial charge in [0.1, 0.15) is 23.7 Å². The number of ether oxygens (including phenoxy) is 1. The fraction of sp³-hybridized carbons (Fsp3) is 0.333. The van der Waals surface area contributed by atoms with Crippen LogP contribution in [0.1, 0.15) is 17.4 Å². The largest absolute Gasteiger partial charge is 0.383 e. The van der Waals surface area contributed by atoms with E-state index in [0.29, 0.717) is 11.4 Å². The number of hydrogen-bond donors (Lipinski definition) is 2. The lowest BCUT2D eigenvalue weighted by Crippen LogP contribution is -2.45. The van der Waals surface area contributed by atoms with Crippen LogP contribution in [0.25, 0.3) is 0 Å².